The Bertz CT molecular complexity index is 201. The zero-order valence-electron chi connectivity index (χ0n) is 7.63. The number of aliphatic hydroxyl groups is 1. The Morgan fingerprint density at radius 3 is 2.58 bits per heavy atom. The second kappa shape index (κ2) is 2.25. The third-order valence-electron chi connectivity index (χ3n) is 4.89. The molecule has 0 bridgehead atoms. The summed E-state index contributed by atoms with van der Waals surface area (Å²) < 4.78 is 0. The minimum atomic E-state index is 0.0631. The smallest absolute Gasteiger partial charge is 0.0573 e. The molecule has 3 fully saturated rings. The molecule has 0 aromatic rings. The van der Waals surface area contributed by atoms with Crippen LogP contribution >= 0.6 is 0 Å². The average molecular weight is 166 g/mol. The zero-order valence-corrected chi connectivity index (χ0v) is 7.63. The van der Waals surface area contributed by atoms with E-state index in [-0.39, 0.29) is 6.10 Å². The second-order valence-electron chi connectivity index (χ2n) is 5.12. The standard InChI is InChI=1S/C11H18O/c12-10-4-2-6-11-5-1-3-8(11)7-9(10)11/h8-10,12H,1-7H2. The van der Waals surface area contributed by atoms with Crippen molar-refractivity contribution in [2.45, 2.75) is 51.0 Å². The van der Waals surface area contributed by atoms with Crippen molar-refractivity contribution >= 4 is 0 Å². The molecule has 0 radical (unpaired) electrons. The molecule has 1 spiro atoms. The summed E-state index contributed by atoms with van der Waals surface area (Å²) in [5.41, 5.74) is 0.650. The highest BCUT2D eigenvalue weighted by atomic mass is 16.3. The second-order valence-corrected chi connectivity index (χ2v) is 5.12. The van der Waals surface area contributed by atoms with E-state index in [0.717, 1.165) is 12.3 Å². The molecule has 3 saturated carbocycles. The third-order valence-corrected chi connectivity index (χ3v) is 4.89. The van der Waals surface area contributed by atoms with E-state index in [1.165, 1.54) is 38.5 Å². The highest BCUT2D eigenvalue weighted by Gasteiger charge is 2.59. The van der Waals surface area contributed by atoms with E-state index < -0.39 is 0 Å². The van der Waals surface area contributed by atoms with Crippen LogP contribution in [0.5, 0.6) is 0 Å². The van der Waals surface area contributed by atoms with E-state index in [2.05, 4.69) is 0 Å². The van der Waals surface area contributed by atoms with Crippen LogP contribution in [0.4, 0.5) is 0 Å². The third kappa shape index (κ3) is 0.693. The molecule has 3 aliphatic carbocycles. The summed E-state index contributed by atoms with van der Waals surface area (Å²) in [4.78, 5) is 0. The van der Waals surface area contributed by atoms with E-state index in [1.54, 1.807) is 0 Å². The van der Waals surface area contributed by atoms with Crippen molar-refractivity contribution in [2.75, 3.05) is 0 Å². The summed E-state index contributed by atoms with van der Waals surface area (Å²) in [6, 6.07) is 0. The molecular formula is C11H18O. The normalized spacial score (nSPS) is 57.2. The highest BCUT2D eigenvalue weighted by molar-refractivity contribution is 5.09. The molecule has 12 heavy (non-hydrogen) atoms. The minimum Gasteiger partial charge on any atom is -0.393 e. The maximum Gasteiger partial charge on any atom is 0.0573 e. The van der Waals surface area contributed by atoms with E-state index >= 15 is 0 Å². The number of hydrogen-bond acceptors (Lipinski definition) is 1. The van der Waals surface area contributed by atoms with Crippen LogP contribution < -0.4 is 0 Å². The van der Waals surface area contributed by atoms with Gasteiger partial charge in [0.1, 0.15) is 0 Å². The number of aliphatic hydroxyl groups excluding tert-OH is 1. The van der Waals surface area contributed by atoms with Gasteiger partial charge < -0.3 is 5.11 Å². The lowest BCUT2D eigenvalue weighted by Gasteiger charge is -2.58. The maximum atomic E-state index is 9.84. The van der Waals surface area contributed by atoms with Crippen molar-refractivity contribution in [3.8, 4) is 0 Å². The Labute approximate surface area is 74.2 Å². The van der Waals surface area contributed by atoms with Crippen LogP contribution in [0.2, 0.25) is 0 Å². The topological polar surface area (TPSA) is 20.2 Å². The monoisotopic (exact) mass is 166 g/mol. The minimum absolute atomic E-state index is 0.0631. The first-order chi connectivity index (χ1) is 5.83. The molecular weight excluding hydrogens is 148 g/mol. The summed E-state index contributed by atoms with van der Waals surface area (Å²) >= 11 is 0. The molecule has 1 heteroatoms. The van der Waals surface area contributed by atoms with Gasteiger partial charge in [0.15, 0.2) is 0 Å². The molecule has 4 atom stereocenters. The van der Waals surface area contributed by atoms with E-state index in [9.17, 15) is 5.11 Å². The highest BCUT2D eigenvalue weighted by Crippen LogP contribution is 2.66. The Morgan fingerprint density at radius 1 is 1.08 bits per heavy atom. The van der Waals surface area contributed by atoms with Crippen molar-refractivity contribution in [1.82, 2.24) is 0 Å². The van der Waals surface area contributed by atoms with Crippen molar-refractivity contribution in [2.24, 2.45) is 17.3 Å². The van der Waals surface area contributed by atoms with Crippen LogP contribution in [0.15, 0.2) is 0 Å². The van der Waals surface area contributed by atoms with Crippen LogP contribution in [0.1, 0.15) is 44.9 Å². The Morgan fingerprint density at radius 2 is 1.83 bits per heavy atom. The summed E-state index contributed by atoms with van der Waals surface area (Å²) in [6.07, 6.45) is 9.54. The fourth-order valence-electron chi connectivity index (χ4n) is 4.29. The van der Waals surface area contributed by atoms with Crippen molar-refractivity contribution in [3.05, 3.63) is 0 Å². The van der Waals surface area contributed by atoms with E-state index in [0.29, 0.717) is 11.3 Å². The summed E-state index contributed by atoms with van der Waals surface area (Å²) in [7, 11) is 0. The maximum absolute atomic E-state index is 9.84. The summed E-state index contributed by atoms with van der Waals surface area (Å²) in [6.45, 7) is 0. The van der Waals surface area contributed by atoms with Crippen LogP contribution in [-0.2, 0) is 0 Å². The molecule has 1 nitrogen and oxygen atoms in total. The summed E-state index contributed by atoms with van der Waals surface area (Å²) in [5, 5.41) is 9.84. The lowest BCUT2D eigenvalue weighted by molar-refractivity contribution is -0.131. The lowest BCUT2D eigenvalue weighted by atomic mass is 9.48. The molecule has 0 amide bonds. The zero-order chi connectivity index (χ0) is 8.18. The Hall–Kier alpha value is -0.0400. The van der Waals surface area contributed by atoms with Gasteiger partial charge in [0.2, 0.25) is 0 Å². The molecule has 68 valence electrons. The fourth-order valence-corrected chi connectivity index (χ4v) is 4.29. The van der Waals surface area contributed by atoms with Crippen LogP contribution in [0, 0.1) is 17.3 Å². The molecule has 3 rings (SSSR count). The quantitative estimate of drug-likeness (QED) is 0.585. The first-order valence-electron chi connectivity index (χ1n) is 5.51. The van der Waals surface area contributed by atoms with Crippen molar-refractivity contribution < 1.29 is 5.11 Å². The van der Waals surface area contributed by atoms with Gasteiger partial charge in [0, 0.05) is 0 Å². The van der Waals surface area contributed by atoms with Gasteiger partial charge in [-0.2, -0.15) is 0 Å². The van der Waals surface area contributed by atoms with Gasteiger partial charge in [0.25, 0.3) is 0 Å². The van der Waals surface area contributed by atoms with Gasteiger partial charge in [0.05, 0.1) is 6.10 Å². The molecule has 3 aliphatic rings. The van der Waals surface area contributed by atoms with Crippen molar-refractivity contribution in [3.63, 3.8) is 0 Å². The van der Waals surface area contributed by atoms with E-state index in [1.807, 2.05) is 0 Å². The van der Waals surface area contributed by atoms with Crippen LogP contribution in [0.25, 0.3) is 0 Å². The largest absolute Gasteiger partial charge is 0.393 e. The molecule has 0 aliphatic heterocycles. The van der Waals surface area contributed by atoms with Gasteiger partial charge in [-0.15, -0.1) is 0 Å². The van der Waals surface area contributed by atoms with Gasteiger partial charge >= 0.3 is 0 Å². The first kappa shape index (κ1) is 7.37. The number of hydrogen-bond donors (Lipinski definition) is 1. The Kier molecular flexibility index (Phi) is 1.39. The lowest BCUT2D eigenvalue weighted by Crippen LogP contribution is -2.53. The molecule has 0 heterocycles. The van der Waals surface area contributed by atoms with Crippen LogP contribution in [0.3, 0.4) is 0 Å². The SMILES string of the molecule is OC1CCCC23CCCC2CC13. The Balaban J connectivity index is 1.87. The average Bonchev–Trinajstić information content (AvgIpc) is 2.33. The predicted octanol–water partition coefficient (Wildman–Crippen LogP) is 2.34. The predicted molar refractivity (Wildman–Crippen MR) is 47.7 cm³/mol. The van der Waals surface area contributed by atoms with Gasteiger partial charge in [-0.05, 0) is 49.4 Å². The fraction of sp³-hybridized carbons (Fsp3) is 1.00. The number of rotatable bonds is 0. The first-order valence-corrected chi connectivity index (χ1v) is 5.51. The summed E-state index contributed by atoms with van der Waals surface area (Å²) in [5.74, 6) is 1.72. The van der Waals surface area contributed by atoms with E-state index in [4.69, 9.17) is 0 Å². The van der Waals surface area contributed by atoms with Gasteiger partial charge in [-0.25, -0.2) is 0 Å². The molecule has 0 aromatic heterocycles. The van der Waals surface area contributed by atoms with Crippen molar-refractivity contribution in [1.29, 1.82) is 0 Å². The van der Waals surface area contributed by atoms with Gasteiger partial charge in [-0.1, -0.05) is 12.8 Å². The van der Waals surface area contributed by atoms with Gasteiger partial charge in [-0.3, -0.25) is 0 Å². The van der Waals surface area contributed by atoms with Crippen LogP contribution in [-0.4, -0.2) is 11.2 Å². The molecule has 1 N–H and O–H groups in total. The molecule has 4 unspecified atom stereocenters. The molecule has 0 saturated heterocycles. The molecule has 0 aromatic carbocycles.